The highest BCUT2D eigenvalue weighted by Gasteiger charge is 2.14. The molecular formula is C16H23F2NO. The van der Waals surface area contributed by atoms with Crippen LogP contribution >= 0.6 is 0 Å². The summed E-state index contributed by atoms with van der Waals surface area (Å²) in [6, 6.07) is 2.61. The molecule has 20 heavy (non-hydrogen) atoms. The van der Waals surface area contributed by atoms with E-state index in [1.165, 1.54) is 12.1 Å². The summed E-state index contributed by atoms with van der Waals surface area (Å²) in [5.41, 5.74) is 1.49. The van der Waals surface area contributed by atoms with Crippen LogP contribution in [0, 0.1) is 11.6 Å². The standard InChI is InChI=1S/C16H23F2NO/c1-11(2)6-7-20-15-13(17)8-12(9-14(15)18)10-19-16(3,4)5/h6,8-9,19H,7,10H2,1-5H3. The lowest BCUT2D eigenvalue weighted by Gasteiger charge is -2.20. The Morgan fingerprint density at radius 2 is 1.75 bits per heavy atom. The van der Waals surface area contributed by atoms with Crippen molar-refractivity contribution in [3.8, 4) is 5.75 Å². The third-order valence-electron chi connectivity index (χ3n) is 2.60. The Labute approximate surface area is 119 Å². The first-order valence-corrected chi connectivity index (χ1v) is 6.68. The SMILES string of the molecule is CC(C)=CCOc1c(F)cc(CNC(C)(C)C)cc1F. The first-order chi connectivity index (χ1) is 9.19. The van der Waals surface area contributed by atoms with Crippen LogP contribution in [0.25, 0.3) is 0 Å². The monoisotopic (exact) mass is 283 g/mol. The van der Waals surface area contributed by atoms with Gasteiger partial charge in [-0.2, -0.15) is 0 Å². The number of allylic oxidation sites excluding steroid dienone is 1. The van der Waals surface area contributed by atoms with Crippen molar-refractivity contribution in [3.63, 3.8) is 0 Å². The minimum atomic E-state index is -0.669. The fourth-order valence-corrected chi connectivity index (χ4v) is 1.51. The van der Waals surface area contributed by atoms with E-state index in [1.807, 2.05) is 34.6 Å². The van der Waals surface area contributed by atoms with E-state index in [4.69, 9.17) is 4.74 Å². The van der Waals surface area contributed by atoms with E-state index in [1.54, 1.807) is 6.08 Å². The molecule has 0 saturated carbocycles. The van der Waals surface area contributed by atoms with Crippen molar-refractivity contribution >= 4 is 0 Å². The normalized spacial score (nSPS) is 11.3. The lowest BCUT2D eigenvalue weighted by molar-refractivity contribution is 0.319. The Morgan fingerprint density at radius 3 is 2.20 bits per heavy atom. The van der Waals surface area contributed by atoms with Crippen molar-refractivity contribution < 1.29 is 13.5 Å². The van der Waals surface area contributed by atoms with Crippen LogP contribution in [-0.4, -0.2) is 12.1 Å². The van der Waals surface area contributed by atoms with Gasteiger partial charge in [-0.25, -0.2) is 8.78 Å². The third-order valence-corrected chi connectivity index (χ3v) is 2.60. The van der Waals surface area contributed by atoms with Crippen LogP contribution in [0.5, 0.6) is 5.75 Å². The molecule has 0 fully saturated rings. The van der Waals surface area contributed by atoms with Crippen LogP contribution in [0.15, 0.2) is 23.8 Å². The molecule has 4 heteroatoms. The summed E-state index contributed by atoms with van der Waals surface area (Å²) in [5.74, 6) is -1.65. The summed E-state index contributed by atoms with van der Waals surface area (Å²) in [6.45, 7) is 10.4. The Morgan fingerprint density at radius 1 is 1.20 bits per heavy atom. The number of hydrogen-bond acceptors (Lipinski definition) is 2. The first-order valence-electron chi connectivity index (χ1n) is 6.68. The molecule has 0 unspecified atom stereocenters. The highest BCUT2D eigenvalue weighted by atomic mass is 19.1. The second-order valence-corrected chi connectivity index (χ2v) is 6.08. The molecule has 0 aliphatic rings. The molecule has 0 saturated heterocycles. The zero-order chi connectivity index (χ0) is 15.3. The summed E-state index contributed by atoms with van der Waals surface area (Å²) in [6.07, 6.45) is 1.77. The summed E-state index contributed by atoms with van der Waals surface area (Å²) >= 11 is 0. The van der Waals surface area contributed by atoms with Gasteiger partial charge < -0.3 is 10.1 Å². The largest absolute Gasteiger partial charge is 0.483 e. The molecular weight excluding hydrogens is 260 g/mol. The van der Waals surface area contributed by atoms with Gasteiger partial charge in [0.1, 0.15) is 6.61 Å². The van der Waals surface area contributed by atoms with Crippen LogP contribution in [0.3, 0.4) is 0 Å². The summed E-state index contributed by atoms with van der Waals surface area (Å²) in [5, 5.41) is 3.19. The molecule has 2 nitrogen and oxygen atoms in total. The second kappa shape index (κ2) is 6.84. The maximum Gasteiger partial charge on any atom is 0.191 e. The molecule has 0 amide bonds. The number of rotatable bonds is 5. The highest BCUT2D eigenvalue weighted by Crippen LogP contribution is 2.23. The van der Waals surface area contributed by atoms with Crippen LogP contribution in [-0.2, 0) is 6.54 Å². The van der Waals surface area contributed by atoms with E-state index >= 15 is 0 Å². The van der Waals surface area contributed by atoms with Gasteiger partial charge in [-0.05, 0) is 58.4 Å². The Hall–Kier alpha value is -1.42. The number of hydrogen-bond donors (Lipinski definition) is 1. The van der Waals surface area contributed by atoms with E-state index in [0.29, 0.717) is 12.1 Å². The van der Waals surface area contributed by atoms with Gasteiger partial charge in [0.05, 0.1) is 0 Å². The molecule has 0 spiro atoms. The third kappa shape index (κ3) is 5.70. The molecule has 1 aromatic carbocycles. The number of ether oxygens (including phenoxy) is 1. The van der Waals surface area contributed by atoms with Gasteiger partial charge in [-0.1, -0.05) is 5.57 Å². The zero-order valence-electron chi connectivity index (χ0n) is 12.8. The molecule has 0 radical (unpaired) electrons. The van der Waals surface area contributed by atoms with Crippen molar-refractivity contribution in [2.24, 2.45) is 0 Å². The fraction of sp³-hybridized carbons (Fsp3) is 0.500. The second-order valence-electron chi connectivity index (χ2n) is 6.08. The van der Waals surface area contributed by atoms with Gasteiger partial charge in [0, 0.05) is 12.1 Å². The van der Waals surface area contributed by atoms with Crippen molar-refractivity contribution in [1.29, 1.82) is 0 Å². The summed E-state index contributed by atoms with van der Waals surface area (Å²) in [4.78, 5) is 0. The van der Waals surface area contributed by atoms with E-state index < -0.39 is 11.6 Å². The van der Waals surface area contributed by atoms with Crippen LogP contribution in [0.1, 0.15) is 40.2 Å². The molecule has 0 aliphatic heterocycles. The van der Waals surface area contributed by atoms with Crippen molar-refractivity contribution in [1.82, 2.24) is 5.32 Å². The van der Waals surface area contributed by atoms with E-state index in [-0.39, 0.29) is 17.9 Å². The molecule has 1 rings (SSSR count). The maximum absolute atomic E-state index is 13.8. The van der Waals surface area contributed by atoms with Gasteiger partial charge in [0.25, 0.3) is 0 Å². The van der Waals surface area contributed by atoms with Gasteiger partial charge >= 0.3 is 0 Å². The van der Waals surface area contributed by atoms with Gasteiger partial charge in [-0.15, -0.1) is 0 Å². The van der Waals surface area contributed by atoms with Crippen molar-refractivity contribution in [3.05, 3.63) is 41.0 Å². The molecule has 0 aliphatic carbocycles. The van der Waals surface area contributed by atoms with Crippen LogP contribution in [0.2, 0.25) is 0 Å². The molecule has 1 aromatic rings. The predicted octanol–water partition coefficient (Wildman–Crippen LogP) is 4.20. The molecule has 0 heterocycles. The molecule has 0 aromatic heterocycles. The van der Waals surface area contributed by atoms with Gasteiger partial charge in [0.15, 0.2) is 17.4 Å². The quantitative estimate of drug-likeness (QED) is 0.818. The van der Waals surface area contributed by atoms with Crippen molar-refractivity contribution in [2.45, 2.75) is 46.7 Å². The Bertz CT molecular complexity index is 463. The highest BCUT2D eigenvalue weighted by molar-refractivity contribution is 5.31. The maximum atomic E-state index is 13.8. The minimum Gasteiger partial charge on any atom is -0.483 e. The molecule has 1 N–H and O–H groups in total. The van der Waals surface area contributed by atoms with Gasteiger partial charge in [0.2, 0.25) is 0 Å². The zero-order valence-corrected chi connectivity index (χ0v) is 12.8. The van der Waals surface area contributed by atoms with Crippen molar-refractivity contribution in [2.75, 3.05) is 6.61 Å². The number of halogens is 2. The Balaban J connectivity index is 2.78. The smallest absolute Gasteiger partial charge is 0.191 e. The average Bonchev–Trinajstić information content (AvgIpc) is 2.29. The van der Waals surface area contributed by atoms with E-state index in [9.17, 15) is 8.78 Å². The van der Waals surface area contributed by atoms with Crippen LogP contribution < -0.4 is 10.1 Å². The molecule has 0 bridgehead atoms. The summed E-state index contributed by atoms with van der Waals surface area (Å²) < 4.78 is 32.8. The van der Waals surface area contributed by atoms with E-state index in [2.05, 4.69) is 5.32 Å². The topological polar surface area (TPSA) is 21.3 Å². The fourth-order valence-electron chi connectivity index (χ4n) is 1.51. The number of benzene rings is 1. The van der Waals surface area contributed by atoms with Crippen LogP contribution in [0.4, 0.5) is 8.78 Å². The summed E-state index contributed by atoms with van der Waals surface area (Å²) in [7, 11) is 0. The Kier molecular flexibility index (Phi) is 5.69. The molecule has 112 valence electrons. The first kappa shape index (κ1) is 16.6. The number of nitrogens with one attached hydrogen (secondary N) is 1. The molecule has 0 atom stereocenters. The lowest BCUT2D eigenvalue weighted by atomic mass is 10.1. The van der Waals surface area contributed by atoms with Gasteiger partial charge in [-0.3, -0.25) is 0 Å². The average molecular weight is 283 g/mol. The lowest BCUT2D eigenvalue weighted by Crippen LogP contribution is -2.35. The van der Waals surface area contributed by atoms with E-state index in [0.717, 1.165) is 5.57 Å². The predicted molar refractivity (Wildman–Crippen MR) is 77.9 cm³/mol. The minimum absolute atomic E-state index is 0.106.